The Morgan fingerprint density at radius 2 is 1.78 bits per heavy atom. The smallest absolute Gasteiger partial charge is 0.332 e. The average Bonchev–Trinajstić information content (AvgIpc) is 3.13. The van der Waals surface area contributed by atoms with E-state index in [0.717, 1.165) is 17.7 Å². The first kappa shape index (κ1) is 15.5. The van der Waals surface area contributed by atoms with Crippen LogP contribution in [0.15, 0.2) is 24.3 Å². The predicted molar refractivity (Wildman–Crippen MR) is 81.3 cm³/mol. The van der Waals surface area contributed by atoms with Gasteiger partial charge in [0.25, 0.3) is 5.91 Å². The minimum atomic E-state index is -0.709. The maximum atomic E-state index is 13.0. The molecular weight excluding hydrogens is 301 g/mol. The number of carbonyl (C=O) groups excluding carboxylic acids is 3. The quantitative estimate of drug-likeness (QED) is 0.795. The van der Waals surface area contributed by atoms with Gasteiger partial charge >= 0.3 is 6.03 Å². The number of carbonyl (C=O) groups is 3. The van der Waals surface area contributed by atoms with Crippen molar-refractivity contribution in [1.29, 1.82) is 0 Å². The minimum absolute atomic E-state index is 0.211. The predicted octanol–water partition coefficient (Wildman–Crippen LogP) is 1.61. The van der Waals surface area contributed by atoms with E-state index in [2.05, 4.69) is 0 Å². The van der Waals surface area contributed by atoms with Crippen molar-refractivity contribution < 1.29 is 18.8 Å². The van der Waals surface area contributed by atoms with Gasteiger partial charge in [-0.15, -0.1) is 0 Å². The number of hydrogen-bond donors (Lipinski definition) is 0. The summed E-state index contributed by atoms with van der Waals surface area (Å²) in [5.41, 5.74) is 0.438. The number of anilines is 1. The van der Waals surface area contributed by atoms with Crippen LogP contribution in [0.4, 0.5) is 14.9 Å². The molecule has 3 rings (SSSR count). The molecule has 0 saturated carbocycles. The summed E-state index contributed by atoms with van der Waals surface area (Å²) >= 11 is 0. The zero-order valence-electron chi connectivity index (χ0n) is 12.9. The lowest BCUT2D eigenvalue weighted by atomic mass is 10.2. The SMILES string of the molecule is C[C@H]1C(=O)N(CC(=O)N2CCCC2)C(=O)N1c1ccc(F)cc1. The highest BCUT2D eigenvalue weighted by molar-refractivity contribution is 6.15. The minimum Gasteiger partial charge on any atom is -0.341 e. The Bertz CT molecular complexity index is 640. The van der Waals surface area contributed by atoms with Crippen molar-refractivity contribution in [3.8, 4) is 0 Å². The fourth-order valence-corrected chi connectivity index (χ4v) is 3.01. The van der Waals surface area contributed by atoms with Gasteiger partial charge in [0, 0.05) is 18.8 Å². The Labute approximate surface area is 133 Å². The number of likely N-dealkylation sites (tertiary alicyclic amines) is 1. The second kappa shape index (κ2) is 5.98. The van der Waals surface area contributed by atoms with E-state index in [0.29, 0.717) is 18.8 Å². The van der Waals surface area contributed by atoms with Crippen LogP contribution in [0.1, 0.15) is 19.8 Å². The van der Waals surface area contributed by atoms with Crippen molar-refractivity contribution >= 4 is 23.5 Å². The van der Waals surface area contributed by atoms with Gasteiger partial charge in [-0.25, -0.2) is 9.18 Å². The molecule has 2 aliphatic heterocycles. The van der Waals surface area contributed by atoms with Crippen LogP contribution in [0.2, 0.25) is 0 Å². The number of halogens is 1. The molecule has 2 heterocycles. The van der Waals surface area contributed by atoms with Crippen molar-refractivity contribution in [1.82, 2.24) is 9.80 Å². The van der Waals surface area contributed by atoms with Crippen LogP contribution in [-0.2, 0) is 9.59 Å². The van der Waals surface area contributed by atoms with Gasteiger partial charge in [0.1, 0.15) is 18.4 Å². The number of hydrogen-bond acceptors (Lipinski definition) is 3. The molecule has 1 aromatic carbocycles. The van der Waals surface area contributed by atoms with E-state index in [1.807, 2.05) is 0 Å². The Morgan fingerprint density at radius 3 is 2.39 bits per heavy atom. The van der Waals surface area contributed by atoms with Gasteiger partial charge in [-0.05, 0) is 44.0 Å². The molecule has 2 saturated heterocycles. The van der Waals surface area contributed by atoms with Gasteiger partial charge in [0.15, 0.2) is 0 Å². The highest BCUT2D eigenvalue weighted by Gasteiger charge is 2.44. The van der Waals surface area contributed by atoms with Gasteiger partial charge < -0.3 is 4.90 Å². The Hall–Kier alpha value is -2.44. The molecular formula is C16H18FN3O3. The van der Waals surface area contributed by atoms with Crippen molar-refractivity contribution in [3.05, 3.63) is 30.1 Å². The van der Waals surface area contributed by atoms with Crippen molar-refractivity contribution in [2.45, 2.75) is 25.8 Å². The lowest BCUT2D eigenvalue weighted by Crippen LogP contribution is -2.42. The maximum absolute atomic E-state index is 13.0. The van der Waals surface area contributed by atoms with Gasteiger partial charge in [-0.3, -0.25) is 19.4 Å². The second-order valence-corrected chi connectivity index (χ2v) is 5.82. The normalized spacial score (nSPS) is 21.5. The summed E-state index contributed by atoms with van der Waals surface area (Å²) in [6.07, 6.45) is 1.90. The fourth-order valence-electron chi connectivity index (χ4n) is 3.01. The molecule has 0 radical (unpaired) electrons. The molecule has 7 heteroatoms. The van der Waals surface area contributed by atoms with Gasteiger partial charge in [0.05, 0.1) is 0 Å². The zero-order chi connectivity index (χ0) is 16.6. The molecule has 6 nitrogen and oxygen atoms in total. The first-order valence-electron chi connectivity index (χ1n) is 7.67. The highest BCUT2D eigenvalue weighted by atomic mass is 19.1. The van der Waals surface area contributed by atoms with Crippen LogP contribution in [0, 0.1) is 5.82 Å². The molecule has 122 valence electrons. The van der Waals surface area contributed by atoms with Crippen LogP contribution < -0.4 is 4.90 Å². The number of rotatable bonds is 3. The molecule has 0 unspecified atom stereocenters. The van der Waals surface area contributed by atoms with Crippen LogP contribution >= 0.6 is 0 Å². The van der Waals surface area contributed by atoms with Gasteiger partial charge in [-0.2, -0.15) is 0 Å². The molecule has 0 aliphatic carbocycles. The van der Waals surface area contributed by atoms with Crippen molar-refractivity contribution in [2.24, 2.45) is 0 Å². The monoisotopic (exact) mass is 319 g/mol. The van der Waals surface area contributed by atoms with Crippen LogP contribution in [0.25, 0.3) is 0 Å². The lowest BCUT2D eigenvalue weighted by Gasteiger charge is -2.21. The highest BCUT2D eigenvalue weighted by Crippen LogP contribution is 2.26. The third-order valence-corrected chi connectivity index (χ3v) is 4.30. The number of nitrogens with zero attached hydrogens (tertiary/aromatic N) is 3. The van der Waals surface area contributed by atoms with Crippen molar-refractivity contribution in [3.63, 3.8) is 0 Å². The summed E-state index contributed by atoms with van der Waals surface area (Å²) in [4.78, 5) is 41.0. The van der Waals surface area contributed by atoms with E-state index in [-0.39, 0.29) is 12.5 Å². The number of imide groups is 1. The molecule has 0 aromatic heterocycles. The number of benzene rings is 1. The lowest BCUT2D eigenvalue weighted by molar-refractivity contribution is -0.136. The van der Waals surface area contributed by atoms with Crippen molar-refractivity contribution in [2.75, 3.05) is 24.5 Å². The van der Waals surface area contributed by atoms with Crippen LogP contribution in [-0.4, -0.2) is 53.3 Å². The number of urea groups is 1. The summed E-state index contributed by atoms with van der Waals surface area (Å²) < 4.78 is 13.0. The molecule has 0 spiro atoms. The third kappa shape index (κ3) is 2.78. The van der Waals surface area contributed by atoms with E-state index < -0.39 is 23.8 Å². The standard InChI is InChI=1S/C16H18FN3O3/c1-11-15(22)19(10-14(21)18-8-2-3-9-18)16(23)20(11)13-6-4-12(17)5-7-13/h4-7,11H,2-3,8-10H2,1H3/t11-/m0/s1. The van der Waals surface area contributed by atoms with E-state index in [9.17, 15) is 18.8 Å². The van der Waals surface area contributed by atoms with Gasteiger partial charge in [-0.1, -0.05) is 0 Å². The Morgan fingerprint density at radius 1 is 1.17 bits per heavy atom. The second-order valence-electron chi connectivity index (χ2n) is 5.82. The first-order valence-corrected chi connectivity index (χ1v) is 7.67. The molecule has 2 fully saturated rings. The average molecular weight is 319 g/mol. The topological polar surface area (TPSA) is 60.9 Å². The van der Waals surface area contributed by atoms with E-state index in [1.165, 1.54) is 29.2 Å². The van der Waals surface area contributed by atoms with Crippen LogP contribution in [0.3, 0.4) is 0 Å². The molecule has 2 aliphatic rings. The summed E-state index contributed by atoms with van der Waals surface area (Å²) in [5.74, 6) is -1.04. The molecule has 0 bridgehead atoms. The molecule has 1 aromatic rings. The largest absolute Gasteiger partial charge is 0.341 e. The summed E-state index contributed by atoms with van der Waals surface area (Å²) in [6, 6.07) is 4.11. The Balaban J connectivity index is 1.77. The zero-order valence-corrected chi connectivity index (χ0v) is 12.9. The van der Waals surface area contributed by atoms with Gasteiger partial charge in [0.2, 0.25) is 5.91 Å². The number of amides is 4. The van der Waals surface area contributed by atoms with Crippen LogP contribution in [0.5, 0.6) is 0 Å². The third-order valence-electron chi connectivity index (χ3n) is 4.30. The van der Waals surface area contributed by atoms with E-state index in [1.54, 1.807) is 11.8 Å². The maximum Gasteiger partial charge on any atom is 0.332 e. The first-order chi connectivity index (χ1) is 11.0. The molecule has 1 atom stereocenters. The van der Waals surface area contributed by atoms with E-state index >= 15 is 0 Å². The summed E-state index contributed by atoms with van der Waals surface area (Å²) in [5, 5.41) is 0. The summed E-state index contributed by atoms with van der Waals surface area (Å²) in [6.45, 7) is 2.71. The van der Waals surface area contributed by atoms with E-state index in [4.69, 9.17) is 0 Å². The molecule has 4 amide bonds. The molecule has 0 N–H and O–H groups in total. The molecule has 23 heavy (non-hydrogen) atoms. The fraction of sp³-hybridized carbons (Fsp3) is 0.438. The summed E-state index contributed by atoms with van der Waals surface area (Å²) in [7, 11) is 0. The Kier molecular flexibility index (Phi) is 4.02.